The standard InChI is InChI=1S/C13H12ClFN4O2S/c1-2-21-13(20)17-12(22)16-11-9(10(14)18-19-11)7-3-5-8(15)6-4-7/h3-6H,2H2,1H3,(H3,16,17,18,19,20,22). The Balaban J connectivity index is 2.17. The number of anilines is 1. The maximum atomic E-state index is 13.0. The SMILES string of the molecule is CCOC(=O)NC(=S)Nc1n[nH]c(Cl)c1-c1ccc(F)cc1. The minimum Gasteiger partial charge on any atom is -0.450 e. The Bertz CT molecular complexity index is 690. The van der Waals surface area contributed by atoms with Gasteiger partial charge in [-0.1, -0.05) is 23.7 Å². The Morgan fingerprint density at radius 3 is 2.77 bits per heavy atom. The summed E-state index contributed by atoms with van der Waals surface area (Å²) in [6.07, 6.45) is -0.676. The lowest BCUT2D eigenvalue weighted by Crippen LogP contribution is -2.34. The molecule has 1 amide bonds. The predicted molar refractivity (Wildman–Crippen MR) is 85.4 cm³/mol. The molecule has 0 aliphatic heterocycles. The topological polar surface area (TPSA) is 79.0 Å². The van der Waals surface area contributed by atoms with Gasteiger partial charge in [0.15, 0.2) is 10.9 Å². The number of halogens is 2. The van der Waals surface area contributed by atoms with Gasteiger partial charge in [0.2, 0.25) is 0 Å². The molecule has 0 unspecified atom stereocenters. The molecule has 6 nitrogen and oxygen atoms in total. The molecule has 2 rings (SSSR count). The van der Waals surface area contributed by atoms with E-state index in [0.29, 0.717) is 16.9 Å². The number of aromatic nitrogens is 2. The second-order valence-corrected chi connectivity index (χ2v) is 4.85. The highest BCUT2D eigenvalue weighted by Gasteiger charge is 2.16. The van der Waals surface area contributed by atoms with Crippen LogP contribution in [0, 0.1) is 5.82 Å². The van der Waals surface area contributed by atoms with Crippen molar-refractivity contribution in [2.45, 2.75) is 6.92 Å². The maximum absolute atomic E-state index is 13.0. The van der Waals surface area contributed by atoms with Crippen LogP contribution in [0.5, 0.6) is 0 Å². The molecule has 9 heteroatoms. The van der Waals surface area contributed by atoms with Gasteiger partial charge in [-0.2, -0.15) is 5.10 Å². The zero-order chi connectivity index (χ0) is 16.1. The minimum atomic E-state index is -0.676. The Labute approximate surface area is 136 Å². The summed E-state index contributed by atoms with van der Waals surface area (Å²) < 4.78 is 17.7. The van der Waals surface area contributed by atoms with Gasteiger partial charge >= 0.3 is 6.09 Å². The molecule has 0 bridgehead atoms. The summed E-state index contributed by atoms with van der Waals surface area (Å²) >= 11 is 11.0. The first kappa shape index (κ1) is 16.2. The summed E-state index contributed by atoms with van der Waals surface area (Å²) in [5, 5.41) is 11.9. The van der Waals surface area contributed by atoms with Gasteiger partial charge in [-0.25, -0.2) is 9.18 Å². The highest BCUT2D eigenvalue weighted by atomic mass is 35.5. The quantitative estimate of drug-likeness (QED) is 0.746. The molecule has 0 fully saturated rings. The summed E-state index contributed by atoms with van der Waals surface area (Å²) in [6, 6.07) is 5.72. The van der Waals surface area contributed by atoms with Crippen molar-refractivity contribution in [3.63, 3.8) is 0 Å². The van der Waals surface area contributed by atoms with Gasteiger partial charge in [0, 0.05) is 0 Å². The van der Waals surface area contributed by atoms with Crippen molar-refractivity contribution < 1.29 is 13.9 Å². The number of ether oxygens (including phenoxy) is 1. The zero-order valence-electron chi connectivity index (χ0n) is 11.4. The maximum Gasteiger partial charge on any atom is 0.413 e. The number of rotatable bonds is 3. The monoisotopic (exact) mass is 342 g/mol. The van der Waals surface area contributed by atoms with Crippen molar-refractivity contribution in [1.82, 2.24) is 15.5 Å². The van der Waals surface area contributed by atoms with Gasteiger partial charge in [0.25, 0.3) is 0 Å². The fourth-order valence-electron chi connectivity index (χ4n) is 1.69. The summed E-state index contributed by atoms with van der Waals surface area (Å²) in [7, 11) is 0. The van der Waals surface area contributed by atoms with Crippen LogP contribution < -0.4 is 10.6 Å². The molecule has 1 heterocycles. The molecule has 1 aromatic heterocycles. The highest BCUT2D eigenvalue weighted by Crippen LogP contribution is 2.32. The van der Waals surface area contributed by atoms with E-state index in [4.69, 9.17) is 28.6 Å². The lowest BCUT2D eigenvalue weighted by Gasteiger charge is -2.09. The number of benzene rings is 1. The number of amides is 1. The fourth-order valence-corrected chi connectivity index (χ4v) is 2.11. The van der Waals surface area contributed by atoms with E-state index in [1.54, 1.807) is 19.1 Å². The van der Waals surface area contributed by atoms with Gasteiger partial charge < -0.3 is 10.1 Å². The summed E-state index contributed by atoms with van der Waals surface area (Å²) in [5.41, 5.74) is 1.15. The average molecular weight is 343 g/mol. The molecule has 2 aromatic rings. The van der Waals surface area contributed by atoms with Crippen LogP contribution in [0.3, 0.4) is 0 Å². The smallest absolute Gasteiger partial charge is 0.413 e. The van der Waals surface area contributed by atoms with Gasteiger partial charge in [-0.05, 0) is 36.8 Å². The van der Waals surface area contributed by atoms with Gasteiger partial charge in [0.05, 0.1) is 12.2 Å². The number of carbonyl (C=O) groups excluding carboxylic acids is 1. The number of H-pyrrole nitrogens is 1. The molecule has 0 saturated heterocycles. The number of hydrogen-bond acceptors (Lipinski definition) is 4. The molecular formula is C13H12ClFN4O2S. The Hall–Kier alpha value is -2.19. The third-order valence-corrected chi connectivity index (χ3v) is 3.06. The predicted octanol–water partition coefficient (Wildman–Crippen LogP) is 3.31. The third-order valence-electron chi connectivity index (χ3n) is 2.58. The normalized spacial score (nSPS) is 10.1. The van der Waals surface area contributed by atoms with E-state index in [-0.39, 0.29) is 22.7 Å². The van der Waals surface area contributed by atoms with Crippen molar-refractivity contribution >= 4 is 40.8 Å². The fraction of sp³-hybridized carbons (Fsp3) is 0.154. The van der Waals surface area contributed by atoms with Crippen molar-refractivity contribution in [3.05, 3.63) is 35.2 Å². The first-order valence-electron chi connectivity index (χ1n) is 6.25. The van der Waals surface area contributed by atoms with E-state index in [1.165, 1.54) is 12.1 Å². The number of nitrogens with zero attached hydrogens (tertiary/aromatic N) is 1. The van der Waals surface area contributed by atoms with Crippen LogP contribution in [0.2, 0.25) is 5.15 Å². The van der Waals surface area contributed by atoms with Crippen LogP contribution >= 0.6 is 23.8 Å². The number of thiocarbonyl (C=S) groups is 1. The summed E-state index contributed by atoms with van der Waals surface area (Å²) in [6.45, 7) is 1.90. The minimum absolute atomic E-state index is 0.00461. The van der Waals surface area contributed by atoms with Crippen molar-refractivity contribution in [1.29, 1.82) is 0 Å². The number of carbonyl (C=O) groups is 1. The Kier molecular flexibility index (Phi) is 5.29. The lowest BCUT2D eigenvalue weighted by molar-refractivity contribution is 0.158. The Morgan fingerprint density at radius 1 is 1.45 bits per heavy atom. The zero-order valence-corrected chi connectivity index (χ0v) is 13.0. The second-order valence-electron chi connectivity index (χ2n) is 4.07. The molecule has 0 spiro atoms. The highest BCUT2D eigenvalue weighted by molar-refractivity contribution is 7.80. The first-order chi connectivity index (χ1) is 10.5. The van der Waals surface area contributed by atoms with Crippen LogP contribution in [0.1, 0.15) is 6.92 Å². The Morgan fingerprint density at radius 2 is 2.14 bits per heavy atom. The van der Waals surface area contributed by atoms with Crippen LogP contribution in [0.4, 0.5) is 15.0 Å². The van der Waals surface area contributed by atoms with Crippen LogP contribution in [-0.4, -0.2) is 28.0 Å². The van der Waals surface area contributed by atoms with E-state index >= 15 is 0 Å². The summed E-state index contributed by atoms with van der Waals surface area (Å²) in [4.78, 5) is 11.3. The van der Waals surface area contributed by atoms with Crippen molar-refractivity contribution in [2.24, 2.45) is 0 Å². The number of hydrogen-bond donors (Lipinski definition) is 3. The average Bonchev–Trinajstić information content (AvgIpc) is 2.81. The molecule has 116 valence electrons. The number of nitrogens with one attached hydrogen (secondary N) is 3. The molecule has 0 aliphatic rings. The van der Waals surface area contributed by atoms with Gasteiger partial charge in [-0.3, -0.25) is 10.4 Å². The van der Waals surface area contributed by atoms with Crippen molar-refractivity contribution in [3.8, 4) is 11.1 Å². The third kappa shape index (κ3) is 3.92. The first-order valence-corrected chi connectivity index (χ1v) is 7.04. The molecular weight excluding hydrogens is 331 g/mol. The van der Waals surface area contributed by atoms with E-state index < -0.39 is 6.09 Å². The lowest BCUT2D eigenvalue weighted by atomic mass is 10.1. The second kappa shape index (κ2) is 7.19. The van der Waals surface area contributed by atoms with E-state index in [1.807, 2.05) is 0 Å². The van der Waals surface area contributed by atoms with E-state index in [0.717, 1.165) is 0 Å². The van der Waals surface area contributed by atoms with Crippen LogP contribution in [0.15, 0.2) is 24.3 Å². The number of alkyl carbamates (subject to hydrolysis) is 1. The number of aromatic amines is 1. The van der Waals surface area contributed by atoms with E-state index in [2.05, 4.69) is 20.8 Å². The molecule has 0 radical (unpaired) electrons. The molecule has 0 aliphatic carbocycles. The van der Waals surface area contributed by atoms with Crippen LogP contribution in [0.25, 0.3) is 11.1 Å². The molecule has 22 heavy (non-hydrogen) atoms. The van der Waals surface area contributed by atoms with Gasteiger partial charge in [0.1, 0.15) is 11.0 Å². The summed E-state index contributed by atoms with van der Waals surface area (Å²) in [5.74, 6) is -0.0595. The largest absolute Gasteiger partial charge is 0.450 e. The van der Waals surface area contributed by atoms with Crippen molar-refractivity contribution in [2.75, 3.05) is 11.9 Å². The van der Waals surface area contributed by atoms with Gasteiger partial charge in [-0.15, -0.1) is 0 Å². The van der Waals surface area contributed by atoms with E-state index in [9.17, 15) is 9.18 Å². The van der Waals surface area contributed by atoms with Crippen LogP contribution in [-0.2, 0) is 4.74 Å². The molecule has 3 N–H and O–H groups in total. The molecule has 0 saturated carbocycles. The molecule has 0 atom stereocenters. The molecule has 1 aromatic carbocycles.